The normalized spacial score (nSPS) is 15.8. The highest BCUT2D eigenvalue weighted by Crippen LogP contribution is 2.00. The number of hydrogen-bond acceptors (Lipinski definition) is 4. The lowest BCUT2D eigenvalue weighted by Crippen LogP contribution is -2.32. The van der Waals surface area contributed by atoms with E-state index in [0.717, 1.165) is 0 Å². The van der Waals surface area contributed by atoms with Crippen molar-refractivity contribution in [3.05, 3.63) is 0 Å². The van der Waals surface area contributed by atoms with Crippen LogP contribution in [0.5, 0.6) is 0 Å². The maximum absolute atomic E-state index is 10.1. The molecule has 0 fully saturated rings. The number of nitrogens with two attached hydrogens (primary N) is 1. The highest BCUT2D eigenvalue weighted by molar-refractivity contribution is 7.81. The first-order chi connectivity index (χ1) is 4.57. The second kappa shape index (κ2) is 4.29. The Hall–Kier alpha value is -0.550. The van der Waals surface area contributed by atoms with Crippen LogP contribution in [0.4, 0.5) is 0 Å². The van der Waals surface area contributed by atoms with E-state index in [4.69, 9.17) is 10.8 Å². The van der Waals surface area contributed by atoms with Crippen molar-refractivity contribution < 1.29 is 14.7 Å². The highest BCUT2D eigenvalue weighted by atomic mass is 32.1. The molecule has 0 aromatic rings. The van der Waals surface area contributed by atoms with Crippen LogP contribution in [0.3, 0.4) is 0 Å². The molecule has 2 unspecified atom stereocenters. The summed E-state index contributed by atoms with van der Waals surface area (Å²) in [5.41, 5.74) is 5.07. The maximum Gasteiger partial charge on any atom is 0.320 e. The van der Waals surface area contributed by atoms with Crippen LogP contribution in [0.15, 0.2) is 0 Å². The molecule has 2 atom stereocenters. The zero-order valence-electron chi connectivity index (χ0n) is 5.15. The van der Waals surface area contributed by atoms with Crippen LogP contribution in [0.1, 0.15) is 6.42 Å². The molecule has 57 valence electrons. The number of thiol groups is 1. The summed E-state index contributed by atoms with van der Waals surface area (Å²) in [6.07, 6.45) is 1.54. The Balaban J connectivity index is 3.67. The van der Waals surface area contributed by atoms with E-state index in [0.29, 0.717) is 0 Å². The van der Waals surface area contributed by atoms with Crippen molar-refractivity contribution >= 4 is 24.9 Å². The number of carboxylic acids is 1. The van der Waals surface area contributed by atoms with Gasteiger partial charge in [-0.05, 0) is 6.42 Å². The van der Waals surface area contributed by atoms with Gasteiger partial charge in [-0.1, -0.05) is 0 Å². The first kappa shape index (κ1) is 9.45. The minimum atomic E-state index is -1.13. The summed E-state index contributed by atoms with van der Waals surface area (Å²) in [5.74, 6) is -1.13. The Labute approximate surface area is 63.8 Å². The molecule has 0 aliphatic carbocycles. The Morgan fingerprint density at radius 3 is 2.60 bits per heavy atom. The van der Waals surface area contributed by atoms with Gasteiger partial charge >= 0.3 is 5.97 Å². The molecule has 0 amide bonds. The Morgan fingerprint density at radius 1 is 1.80 bits per heavy atom. The molecule has 0 rings (SSSR count). The van der Waals surface area contributed by atoms with Crippen LogP contribution in [0.2, 0.25) is 0 Å². The molecule has 0 saturated heterocycles. The molecule has 0 aliphatic rings. The first-order valence-electron chi connectivity index (χ1n) is 2.62. The van der Waals surface area contributed by atoms with Crippen molar-refractivity contribution in [3.63, 3.8) is 0 Å². The van der Waals surface area contributed by atoms with Gasteiger partial charge in [0.05, 0.1) is 5.25 Å². The lowest BCUT2D eigenvalue weighted by atomic mass is 10.2. The van der Waals surface area contributed by atoms with Crippen LogP contribution >= 0.6 is 12.6 Å². The predicted molar refractivity (Wildman–Crippen MR) is 38.7 cm³/mol. The largest absolute Gasteiger partial charge is 0.480 e. The van der Waals surface area contributed by atoms with Crippen LogP contribution in [0.25, 0.3) is 0 Å². The average molecular weight is 162 g/mol. The third-order valence-corrected chi connectivity index (χ3v) is 1.25. The van der Waals surface area contributed by atoms with Gasteiger partial charge in [0, 0.05) is 0 Å². The predicted octanol–water partition coefficient (Wildman–Crippen LogP) is -0.804. The molecule has 3 N–H and O–H groups in total. The van der Waals surface area contributed by atoms with E-state index in [-0.39, 0.29) is 6.42 Å². The molecule has 4 nitrogen and oxygen atoms in total. The zero-order valence-corrected chi connectivity index (χ0v) is 6.04. The Bertz CT molecular complexity index is 139. The summed E-state index contributed by atoms with van der Waals surface area (Å²) >= 11 is 3.70. The Morgan fingerprint density at radius 2 is 2.30 bits per heavy atom. The molecule has 0 aromatic carbocycles. The molecule has 0 saturated carbocycles. The monoisotopic (exact) mass is 162 g/mol. The van der Waals surface area contributed by atoms with Gasteiger partial charge in [0.1, 0.15) is 6.04 Å². The van der Waals surface area contributed by atoms with Crippen molar-refractivity contribution in [2.45, 2.75) is 17.7 Å². The SMILES string of the molecule is NC(CC(S)[C]=O)C(=O)O. The highest BCUT2D eigenvalue weighted by Gasteiger charge is 2.15. The molecular formula is C5H8NO3S. The standard InChI is InChI=1S/C5H8NO3S/c6-4(5(8)9)1-3(10)2-7/h3-4,10H,1,6H2,(H,8,9). The molecule has 10 heavy (non-hydrogen) atoms. The topological polar surface area (TPSA) is 80.4 Å². The Kier molecular flexibility index (Phi) is 4.06. The van der Waals surface area contributed by atoms with Gasteiger partial charge in [-0.3, -0.25) is 9.59 Å². The number of rotatable bonds is 4. The second-order valence-electron chi connectivity index (χ2n) is 1.81. The third-order valence-electron chi connectivity index (χ3n) is 0.930. The summed E-state index contributed by atoms with van der Waals surface area (Å²) in [4.78, 5) is 19.9. The van der Waals surface area contributed by atoms with Crippen LogP contribution < -0.4 is 5.73 Å². The minimum absolute atomic E-state index is 0.0158. The van der Waals surface area contributed by atoms with E-state index < -0.39 is 17.3 Å². The van der Waals surface area contributed by atoms with Crippen molar-refractivity contribution in [3.8, 4) is 0 Å². The van der Waals surface area contributed by atoms with E-state index >= 15 is 0 Å². The van der Waals surface area contributed by atoms with Crippen molar-refractivity contribution in [1.29, 1.82) is 0 Å². The van der Waals surface area contributed by atoms with Gasteiger partial charge in [-0.15, -0.1) is 0 Å². The summed E-state index contributed by atoms with van der Waals surface area (Å²) in [7, 11) is 0. The van der Waals surface area contributed by atoms with Crippen molar-refractivity contribution in [2.24, 2.45) is 5.73 Å². The molecule has 0 bridgehead atoms. The van der Waals surface area contributed by atoms with Crippen molar-refractivity contribution in [2.75, 3.05) is 0 Å². The second-order valence-corrected chi connectivity index (χ2v) is 2.44. The summed E-state index contributed by atoms with van der Waals surface area (Å²) in [6.45, 7) is 0. The van der Waals surface area contributed by atoms with Crippen molar-refractivity contribution in [1.82, 2.24) is 0 Å². The van der Waals surface area contributed by atoms with E-state index in [1.54, 1.807) is 0 Å². The molecule has 1 radical (unpaired) electrons. The van der Waals surface area contributed by atoms with Gasteiger partial charge < -0.3 is 10.8 Å². The molecule has 0 heterocycles. The molecule has 5 heteroatoms. The fraction of sp³-hybridized carbons (Fsp3) is 0.600. The molecule has 0 aliphatic heterocycles. The summed E-state index contributed by atoms with van der Waals surface area (Å²) in [6, 6.07) is -1.02. The zero-order chi connectivity index (χ0) is 8.15. The fourth-order valence-corrected chi connectivity index (χ4v) is 0.617. The number of carbonyl (C=O) groups excluding carboxylic acids is 1. The van der Waals surface area contributed by atoms with Crippen LogP contribution in [0, 0.1) is 0 Å². The number of hydrogen-bond donors (Lipinski definition) is 3. The average Bonchev–Trinajstić information content (AvgIpc) is 1.87. The molecular weight excluding hydrogens is 154 g/mol. The lowest BCUT2D eigenvalue weighted by Gasteiger charge is -2.05. The van der Waals surface area contributed by atoms with E-state index in [1.807, 2.05) is 0 Å². The number of carbonyl (C=O) groups is 1. The van der Waals surface area contributed by atoms with Gasteiger partial charge in [0.25, 0.3) is 0 Å². The third kappa shape index (κ3) is 3.47. The van der Waals surface area contributed by atoms with Gasteiger partial charge in [-0.2, -0.15) is 12.6 Å². The van der Waals surface area contributed by atoms with Gasteiger partial charge in [-0.25, -0.2) is 0 Å². The van der Waals surface area contributed by atoms with E-state index in [9.17, 15) is 9.59 Å². The van der Waals surface area contributed by atoms with Crippen LogP contribution in [-0.2, 0) is 9.59 Å². The van der Waals surface area contributed by atoms with E-state index in [2.05, 4.69) is 12.6 Å². The van der Waals surface area contributed by atoms with Crippen LogP contribution in [-0.4, -0.2) is 28.7 Å². The smallest absolute Gasteiger partial charge is 0.320 e. The molecule has 0 aromatic heterocycles. The van der Waals surface area contributed by atoms with E-state index in [1.165, 1.54) is 6.29 Å². The minimum Gasteiger partial charge on any atom is -0.480 e. The quantitative estimate of drug-likeness (QED) is 0.472. The fourth-order valence-electron chi connectivity index (χ4n) is 0.389. The summed E-state index contributed by atoms with van der Waals surface area (Å²) < 4.78 is 0. The lowest BCUT2D eigenvalue weighted by molar-refractivity contribution is -0.138. The van der Waals surface area contributed by atoms with Gasteiger partial charge in [0.2, 0.25) is 6.29 Å². The molecule has 0 spiro atoms. The first-order valence-corrected chi connectivity index (χ1v) is 3.13. The maximum atomic E-state index is 10.1. The van der Waals surface area contributed by atoms with Gasteiger partial charge in [0.15, 0.2) is 0 Å². The summed E-state index contributed by atoms with van der Waals surface area (Å²) in [5, 5.41) is 7.53. The number of carboxylic acid groups (broad SMARTS) is 1. The number of aliphatic carboxylic acids is 1.